The second-order valence-corrected chi connectivity index (χ2v) is 7.21. The van der Waals surface area contributed by atoms with E-state index < -0.39 is 15.9 Å². The summed E-state index contributed by atoms with van der Waals surface area (Å²) in [4.78, 5) is 12.3. The van der Waals surface area contributed by atoms with Gasteiger partial charge in [0.05, 0.1) is 29.3 Å². The zero-order valence-electron chi connectivity index (χ0n) is 12.7. The van der Waals surface area contributed by atoms with Crippen molar-refractivity contribution in [2.45, 2.75) is 6.42 Å². The number of amides is 1. The van der Waals surface area contributed by atoms with E-state index in [2.05, 4.69) is 10.0 Å². The average molecular weight is 364 g/mol. The third-order valence-electron chi connectivity index (χ3n) is 3.01. The summed E-state index contributed by atoms with van der Waals surface area (Å²) < 4.78 is 24.8. The summed E-state index contributed by atoms with van der Waals surface area (Å²) in [5.74, 6) is -0.467. The Morgan fingerprint density at radius 1 is 1.17 bits per heavy atom. The predicted molar refractivity (Wildman–Crippen MR) is 93.6 cm³/mol. The highest BCUT2D eigenvalue weighted by molar-refractivity contribution is 7.92. The maximum atomic E-state index is 12.3. The molecule has 24 heavy (non-hydrogen) atoms. The second-order valence-electron chi connectivity index (χ2n) is 5.05. The van der Waals surface area contributed by atoms with Crippen LogP contribution in [0.1, 0.15) is 15.9 Å². The van der Waals surface area contributed by atoms with Gasteiger partial charge >= 0.3 is 0 Å². The molecule has 0 aliphatic carbocycles. The van der Waals surface area contributed by atoms with Gasteiger partial charge in [-0.25, -0.2) is 8.42 Å². The smallest absolute Gasteiger partial charge is 0.257 e. The van der Waals surface area contributed by atoms with Gasteiger partial charge in [0.1, 0.15) is 0 Å². The Kier molecular flexibility index (Phi) is 5.44. The Bertz CT molecular complexity index is 903. The molecule has 0 atom stereocenters. The monoisotopic (exact) mass is 363 g/mol. The van der Waals surface area contributed by atoms with E-state index in [1.165, 1.54) is 18.2 Å². The van der Waals surface area contributed by atoms with Crippen LogP contribution >= 0.6 is 11.6 Å². The number of nitriles is 1. The van der Waals surface area contributed by atoms with Crippen LogP contribution in [0.4, 0.5) is 11.4 Å². The normalized spacial score (nSPS) is 10.7. The molecule has 0 aromatic heterocycles. The second kappa shape index (κ2) is 7.34. The molecule has 0 aliphatic heterocycles. The number of hydrogen-bond acceptors (Lipinski definition) is 4. The van der Waals surface area contributed by atoms with E-state index >= 15 is 0 Å². The number of nitrogens with one attached hydrogen (secondary N) is 2. The molecule has 0 heterocycles. The van der Waals surface area contributed by atoms with Crippen LogP contribution in [0.25, 0.3) is 0 Å². The molecule has 8 heteroatoms. The van der Waals surface area contributed by atoms with Crippen molar-refractivity contribution >= 4 is 38.9 Å². The maximum absolute atomic E-state index is 12.3. The molecule has 1 amide bonds. The molecule has 0 fully saturated rings. The lowest BCUT2D eigenvalue weighted by atomic mass is 10.1. The lowest BCUT2D eigenvalue weighted by molar-refractivity contribution is 0.102. The molecular weight excluding hydrogens is 350 g/mol. The van der Waals surface area contributed by atoms with Gasteiger partial charge in [-0.3, -0.25) is 9.52 Å². The standard InChI is InChI=1S/C16H14ClN3O3S/c1-24(22,23)20-13-6-7-15(17)14(10-13)16(21)19-12-4-2-11(3-5-12)8-9-18/h2-7,10,20H,8H2,1H3,(H,19,21). The van der Waals surface area contributed by atoms with Crippen LogP contribution in [0.5, 0.6) is 0 Å². The van der Waals surface area contributed by atoms with Crippen LogP contribution < -0.4 is 10.0 Å². The van der Waals surface area contributed by atoms with Crippen molar-refractivity contribution in [2.24, 2.45) is 0 Å². The molecule has 124 valence electrons. The van der Waals surface area contributed by atoms with Gasteiger partial charge in [0.2, 0.25) is 10.0 Å². The third-order valence-corrected chi connectivity index (χ3v) is 3.95. The molecule has 0 saturated carbocycles. The summed E-state index contributed by atoms with van der Waals surface area (Å²) in [6, 6.07) is 13.2. The van der Waals surface area contributed by atoms with Crippen molar-refractivity contribution in [3.05, 3.63) is 58.6 Å². The van der Waals surface area contributed by atoms with E-state index in [9.17, 15) is 13.2 Å². The van der Waals surface area contributed by atoms with Gasteiger partial charge in [0.25, 0.3) is 5.91 Å². The number of carbonyl (C=O) groups is 1. The minimum absolute atomic E-state index is 0.145. The van der Waals surface area contributed by atoms with Gasteiger partial charge in [-0.05, 0) is 35.9 Å². The largest absolute Gasteiger partial charge is 0.322 e. The highest BCUT2D eigenvalue weighted by atomic mass is 35.5. The van der Waals surface area contributed by atoms with E-state index in [-0.39, 0.29) is 16.3 Å². The number of anilines is 2. The van der Waals surface area contributed by atoms with E-state index in [1.54, 1.807) is 24.3 Å². The van der Waals surface area contributed by atoms with Crippen molar-refractivity contribution in [3.63, 3.8) is 0 Å². The first-order valence-electron chi connectivity index (χ1n) is 6.83. The Morgan fingerprint density at radius 3 is 2.38 bits per heavy atom. The number of carbonyl (C=O) groups excluding carboxylic acids is 1. The van der Waals surface area contributed by atoms with E-state index in [0.29, 0.717) is 12.1 Å². The summed E-state index contributed by atoms with van der Waals surface area (Å²) in [6.45, 7) is 0. The molecule has 0 spiro atoms. The van der Waals surface area contributed by atoms with E-state index in [4.69, 9.17) is 16.9 Å². The number of benzene rings is 2. The minimum atomic E-state index is -3.45. The van der Waals surface area contributed by atoms with Crippen LogP contribution in [-0.4, -0.2) is 20.6 Å². The van der Waals surface area contributed by atoms with E-state index in [1.807, 2.05) is 6.07 Å². The van der Waals surface area contributed by atoms with Crippen LogP contribution in [0.3, 0.4) is 0 Å². The van der Waals surface area contributed by atoms with Crippen molar-refractivity contribution in [1.29, 1.82) is 5.26 Å². The molecule has 0 bridgehead atoms. The lowest BCUT2D eigenvalue weighted by Crippen LogP contribution is -2.14. The first-order chi connectivity index (χ1) is 11.3. The highest BCUT2D eigenvalue weighted by Gasteiger charge is 2.13. The van der Waals surface area contributed by atoms with Crippen LogP contribution in [0, 0.1) is 11.3 Å². The number of nitrogens with zero attached hydrogens (tertiary/aromatic N) is 1. The number of halogens is 1. The van der Waals surface area contributed by atoms with Gasteiger partial charge in [-0.1, -0.05) is 23.7 Å². The highest BCUT2D eigenvalue weighted by Crippen LogP contribution is 2.22. The van der Waals surface area contributed by atoms with Gasteiger partial charge in [-0.2, -0.15) is 5.26 Å². The minimum Gasteiger partial charge on any atom is -0.322 e. The number of sulfonamides is 1. The molecule has 6 nitrogen and oxygen atoms in total. The fourth-order valence-corrected chi connectivity index (χ4v) is 2.73. The molecule has 2 aromatic rings. The molecule has 0 saturated heterocycles. The third kappa shape index (κ3) is 4.98. The topological polar surface area (TPSA) is 99.1 Å². The number of rotatable bonds is 5. The van der Waals surface area contributed by atoms with Crippen molar-refractivity contribution in [2.75, 3.05) is 16.3 Å². The first-order valence-corrected chi connectivity index (χ1v) is 9.10. The summed E-state index contributed by atoms with van der Waals surface area (Å²) >= 11 is 6.02. The Morgan fingerprint density at radius 2 is 1.79 bits per heavy atom. The molecule has 0 radical (unpaired) electrons. The molecule has 2 aromatic carbocycles. The molecule has 2 rings (SSSR count). The SMILES string of the molecule is CS(=O)(=O)Nc1ccc(Cl)c(C(=O)Nc2ccc(CC#N)cc2)c1. The van der Waals surface area contributed by atoms with Crippen LogP contribution in [0.2, 0.25) is 5.02 Å². The van der Waals surface area contributed by atoms with Gasteiger partial charge in [0.15, 0.2) is 0 Å². The quantitative estimate of drug-likeness (QED) is 0.852. The Hall–Kier alpha value is -2.56. The fraction of sp³-hybridized carbons (Fsp3) is 0.125. The summed E-state index contributed by atoms with van der Waals surface area (Å²) in [5.41, 5.74) is 1.77. The molecule has 0 aliphatic rings. The maximum Gasteiger partial charge on any atom is 0.257 e. The summed E-state index contributed by atoms with van der Waals surface area (Å²) in [5, 5.41) is 11.5. The van der Waals surface area contributed by atoms with Gasteiger partial charge in [-0.15, -0.1) is 0 Å². The Balaban J connectivity index is 2.20. The number of hydrogen-bond donors (Lipinski definition) is 2. The fourth-order valence-electron chi connectivity index (χ4n) is 1.97. The zero-order valence-corrected chi connectivity index (χ0v) is 14.3. The molecule has 0 unspecified atom stereocenters. The predicted octanol–water partition coefficient (Wildman–Crippen LogP) is 3.03. The zero-order chi connectivity index (χ0) is 17.7. The summed E-state index contributed by atoms with van der Waals surface area (Å²) in [7, 11) is -3.45. The van der Waals surface area contributed by atoms with E-state index in [0.717, 1.165) is 11.8 Å². The average Bonchev–Trinajstić information content (AvgIpc) is 2.50. The van der Waals surface area contributed by atoms with Crippen molar-refractivity contribution in [1.82, 2.24) is 0 Å². The van der Waals surface area contributed by atoms with Crippen molar-refractivity contribution < 1.29 is 13.2 Å². The van der Waals surface area contributed by atoms with Gasteiger partial charge in [0, 0.05) is 11.4 Å². The Labute approximate surface area is 145 Å². The lowest BCUT2D eigenvalue weighted by Gasteiger charge is -2.10. The molecule has 2 N–H and O–H groups in total. The summed E-state index contributed by atoms with van der Waals surface area (Å²) in [6.07, 6.45) is 1.31. The molecular formula is C16H14ClN3O3S. The van der Waals surface area contributed by atoms with Crippen LogP contribution in [-0.2, 0) is 16.4 Å². The first kappa shape index (κ1) is 17.8. The van der Waals surface area contributed by atoms with Crippen molar-refractivity contribution in [3.8, 4) is 6.07 Å². The van der Waals surface area contributed by atoms with Gasteiger partial charge < -0.3 is 5.32 Å². The van der Waals surface area contributed by atoms with Crippen LogP contribution in [0.15, 0.2) is 42.5 Å².